The van der Waals surface area contributed by atoms with E-state index in [1.165, 1.54) is 7.11 Å². The zero-order valence-electron chi connectivity index (χ0n) is 12.3. The largest absolute Gasteiger partial charge is 0.469 e. The first-order valence-corrected chi connectivity index (χ1v) is 7.29. The number of methoxy groups -OCH3 is 1. The number of likely N-dealkylation sites (tertiary alicyclic amines) is 1. The van der Waals surface area contributed by atoms with Crippen molar-refractivity contribution >= 4 is 11.9 Å². The van der Waals surface area contributed by atoms with Gasteiger partial charge in [-0.2, -0.15) is 0 Å². The van der Waals surface area contributed by atoms with Crippen LogP contribution in [0.5, 0.6) is 0 Å². The average Bonchev–Trinajstić information content (AvgIpc) is 2.56. The van der Waals surface area contributed by atoms with Gasteiger partial charge in [0.25, 0.3) is 0 Å². The molecule has 2 rings (SSSR count). The predicted octanol–water partition coefficient (Wildman–Crippen LogP) is 1.14. The highest BCUT2D eigenvalue weighted by Gasteiger charge is 2.31. The van der Waals surface area contributed by atoms with Gasteiger partial charge in [-0.3, -0.25) is 9.59 Å². The first kappa shape index (κ1) is 15.5. The van der Waals surface area contributed by atoms with Gasteiger partial charge in [0, 0.05) is 19.6 Å². The van der Waals surface area contributed by atoms with Crippen LogP contribution in [0.25, 0.3) is 0 Å². The molecule has 1 atom stereocenters. The number of benzene rings is 1. The Balaban J connectivity index is 1.99. The Morgan fingerprint density at radius 2 is 1.90 bits per heavy atom. The van der Waals surface area contributed by atoms with Gasteiger partial charge >= 0.3 is 5.97 Å². The lowest BCUT2D eigenvalue weighted by molar-refractivity contribution is -0.149. The Hall–Kier alpha value is -1.88. The van der Waals surface area contributed by atoms with Gasteiger partial charge in [-0.05, 0) is 18.4 Å². The minimum Gasteiger partial charge on any atom is -0.469 e. The van der Waals surface area contributed by atoms with E-state index in [0.717, 1.165) is 5.56 Å². The Labute approximate surface area is 125 Å². The van der Waals surface area contributed by atoms with Crippen molar-refractivity contribution in [3.8, 4) is 0 Å². The van der Waals surface area contributed by atoms with Crippen LogP contribution in [-0.2, 0) is 14.3 Å². The maximum atomic E-state index is 12.6. The molecule has 1 aliphatic rings. The Morgan fingerprint density at radius 1 is 1.29 bits per heavy atom. The number of ether oxygens (including phenoxy) is 1. The summed E-state index contributed by atoms with van der Waals surface area (Å²) in [5.41, 5.74) is 6.73. The van der Waals surface area contributed by atoms with E-state index >= 15 is 0 Å². The van der Waals surface area contributed by atoms with Crippen molar-refractivity contribution in [1.82, 2.24) is 4.90 Å². The molecule has 21 heavy (non-hydrogen) atoms. The number of carbonyl (C=O) groups is 2. The maximum Gasteiger partial charge on any atom is 0.308 e. The van der Waals surface area contributed by atoms with Crippen molar-refractivity contribution in [2.75, 3.05) is 26.7 Å². The number of hydrogen-bond donors (Lipinski definition) is 1. The summed E-state index contributed by atoms with van der Waals surface area (Å²) in [7, 11) is 1.40. The van der Waals surface area contributed by atoms with Crippen molar-refractivity contribution in [3.63, 3.8) is 0 Å². The number of amides is 1. The van der Waals surface area contributed by atoms with Gasteiger partial charge < -0.3 is 15.4 Å². The number of rotatable bonds is 4. The molecule has 0 bridgehead atoms. The van der Waals surface area contributed by atoms with Gasteiger partial charge in [-0.25, -0.2) is 0 Å². The van der Waals surface area contributed by atoms with E-state index in [4.69, 9.17) is 10.5 Å². The summed E-state index contributed by atoms with van der Waals surface area (Å²) in [5.74, 6) is -0.527. The molecule has 2 N–H and O–H groups in total. The molecule has 1 heterocycles. The molecule has 114 valence electrons. The highest BCUT2D eigenvalue weighted by molar-refractivity contribution is 5.84. The van der Waals surface area contributed by atoms with Crippen molar-refractivity contribution < 1.29 is 14.3 Å². The summed E-state index contributed by atoms with van der Waals surface area (Å²) in [4.78, 5) is 25.9. The van der Waals surface area contributed by atoms with E-state index in [1.54, 1.807) is 0 Å². The fraction of sp³-hybridized carbons (Fsp3) is 0.500. The summed E-state index contributed by atoms with van der Waals surface area (Å²) in [5, 5.41) is 0. The lowest BCUT2D eigenvalue weighted by Gasteiger charge is -2.33. The minimum absolute atomic E-state index is 0.0482. The van der Waals surface area contributed by atoms with E-state index < -0.39 is 0 Å². The molecule has 1 fully saturated rings. The molecule has 1 aromatic carbocycles. The third kappa shape index (κ3) is 3.61. The molecular formula is C16H22N2O3. The summed E-state index contributed by atoms with van der Waals surface area (Å²) in [6.45, 7) is 1.46. The average molecular weight is 290 g/mol. The molecule has 1 amide bonds. The normalized spacial score (nSPS) is 17.3. The molecule has 0 aromatic heterocycles. The summed E-state index contributed by atoms with van der Waals surface area (Å²) in [6.07, 6.45) is 1.31. The van der Waals surface area contributed by atoms with Gasteiger partial charge in [0.2, 0.25) is 5.91 Å². The fourth-order valence-corrected chi connectivity index (χ4v) is 2.79. The Morgan fingerprint density at radius 3 is 2.43 bits per heavy atom. The van der Waals surface area contributed by atoms with Crippen molar-refractivity contribution in [3.05, 3.63) is 35.9 Å². The first-order chi connectivity index (χ1) is 10.2. The summed E-state index contributed by atoms with van der Waals surface area (Å²) < 4.78 is 4.76. The molecule has 0 saturated carbocycles. The molecule has 0 aliphatic carbocycles. The van der Waals surface area contributed by atoms with E-state index in [0.29, 0.717) is 32.5 Å². The van der Waals surface area contributed by atoms with Crippen LogP contribution in [0.3, 0.4) is 0 Å². The summed E-state index contributed by atoms with van der Waals surface area (Å²) in [6, 6.07) is 9.60. The van der Waals surface area contributed by atoms with Gasteiger partial charge in [-0.15, -0.1) is 0 Å². The Bertz CT molecular complexity index is 482. The number of esters is 1. The van der Waals surface area contributed by atoms with Crippen LogP contribution >= 0.6 is 0 Å². The van der Waals surface area contributed by atoms with Gasteiger partial charge in [0.1, 0.15) is 0 Å². The molecule has 0 spiro atoms. The van der Waals surface area contributed by atoms with E-state index in [-0.39, 0.29) is 23.7 Å². The zero-order chi connectivity index (χ0) is 15.2. The number of nitrogens with two attached hydrogens (primary N) is 1. The molecule has 1 unspecified atom stereocenters. The molecule has 1 aliphatic heterocycles. The molecule has 5 heteroatoms. The molecule has 0 radical (unpaired) electrons. The molecular weight excluding hydrogens is 268 g/mol. The monoisotopic (exact) mass is 290 g/mol. The highest BCUT2D eigenvalue weighted by atomic mass is 16.5. The van der Waals surface area contributed by atoms with Crippen LogP contribution in [-0.4, -0.2) is 43.5 Å². The van der Waals surface area contributed by atoms with E-state index in [1.807, 2.05) is 35.2 Å². The topological polar surface area (TPSA) is 72.6 Å². The van der Waals surface area contributed by atoms with Crippen molar-refractivity contribution in [2.45, 2.75) is 18.8 Å². The molecule has 5 nitrogen and oxygen atoms in total. The number of piperidine rings is 1. The Kier molecular flexibility index (Phi) is 5.33. The number of nitrogens with zero attached hydrogens (tertiary/aromatic N) is 1. The van der Waals surface area contributed by atoms with E-state index in [2.05, 4.69) is 0 Å². The standard InChI is InChI=1S/C16H22N2O3/c1-21-16(20)13-7-9-18(10-8-13)15(19)14(11-17)12-5-3-2-4-6-12/h2-6,13-14H,7-11,17H2,1H3. The van der Waals surface area contributed by atoms with Gasteiger partial charge in [-0.1, -0.05) is 30.3 Å². The van der Waals surface area contributed by atoms with Crippen LogP contribution in [0.2, 0.25) is 0 Å². The van der Waals surface area contributed by atoms with Crippen LogP contribution in [0.15, 0.2) is 30.3 Å². The summed E-state index contributed by atoms with van der Waals surface area (Å²) >= 11 is 0. The van der Waals surface area contributed by atoms with Crippen LogP contribution in [0.4, 0.5) is 0 Å². The predicted molar refractivity (Wildman–Crippen MR) is 79.6 cm³/mol. The van der Waals surface area contributed by atoms with Crippen LogP contribution < -0.4 is 5.73 Å². The second-order valence-corrected chi connectivity index (χ2v) is 5.32. The van der Waals surface area contributed by atoms with Gasteiger partial charge in [0.05, 0.1) is 18.9 Å². The second-order valence-electron chi connectivity index (χ2n) is 5.32. The molecule has 1 saturated heterocycles. The first-order valence-electron chi connectivity index (χ1n) is 7.29. The zero-order valence-corrected chi connectivity index (χ0v) is 12.3. The number of carbonyl (C=O) groups excluding carboxylic acids is 2. The maximum absolute atomic E-state index is 12.6. The number of hydrogen-bond acceptors (Lipinski definition) is 4. The lowest BCUT2D eigenvalue weighted by Crippen LogP contribution is -2.44. The van der Waals surface area contributed by atoms with Crippen molar-refractivity contribution in [2.24, 2.45) is 11.7 Å². The highest BCUT2D eigenvalue weighted by Crippen LogP contribution is 2.23. The SMILES string of the molecule is COC(=O)C1CCN(C(=O)C(CN)c2ccccc2)CC1. The van der Waals surface area contributed by atoms with Gasteiger partial charge in [0.15, 0.2) is 0 Å². The fourth-order valence-electron chi connectivity index (χ4n) is 2.79. The third-order valence-electron chi connectivity index (χ3n) is 4.08. The lowest BCUT2D eigenvalue weighted by atomic mass is 9.93. The third-order valence-corrected chi connectivity index (χ3v) is 4.08. The minimum atomic E-state index is -0.305. The second kappa shape index (κ2) is 7.22. The quantitative estimate of drug-likeness (QED) is 0.844. The van der Waals surface area contributed by atoms with Crippen LogP contribution in [0.1, 0.15) is 24.3 Å². The smallest absolute Gasteiger partial charge is 0.308 e. The van der Waals surface area contributed by atoms with Crippen LogP contribution in [0, 0.1) is 5.92 Å². The molecule has 1 aromatic rings. The van der Waals surface area contributed by atoms with Crippen molar-refractivity contribution in [1.29, 1.82) is 0 Å². The van der Waals surface area contributed by atoms with E-state index in [9.17, 15) is 9.59 Å².